The minimum atomic E-state index is -0.0754. The van der Waals surface area contributed by atoms with Gasteiger partial charge in [-0.25, -0.2) is 0 Å². The normalized spacial score (nSPS) is 10.8. The Morgan fingerprint density at radius 1 is 0.947 bits per heavy atom. The molecule has 0 aliphatic heterocycles. The Hall–Kier alpha value is -1.50. The molecule has 0 aromatic carbocycles. The van der Waals surface area contributed by atoms with Crippen LogP contribution >= 0.6 is 34.0 Å². The molecule has 0 spiro atoms. The molecule has 3 nitrogen and oxygen atoms in total. The molecule has 98 valence electrons. The van der Waals surface area contributed by atoms with Crippen molar-refractivity contribution >= 4 is 39.0 Å². The lowest BCUT2D eigenvalue weighted by atomic mass is 10.3. The average Bonchev–Trinajstić information content (AvgIpc) is 3.12. The summed E-state index contributed by atoms with van der Waals surface area (Å²) < 4.78 is 0. The predicted octanol–water partition coefficient (Wildman–Crippen LogP) is 4.66. The lowest BCUT2D eigenvalue weighted by Gasteiger charge is -1.93. The summed E-state index contributed by atoms with van der Waals surface area (Å²) >= 11 is 4.66. The van der Waals surface area contributed by atoms with Crippen LogP contribution in [0, 0.1) is 0 Å². The Morgan fingerprint density at radius 3 is 2.37 bits per heavy atom. The van der Waals surface area contributed by atoms with Crippen LogP contribution < -0.4 is 5.32 Å². The van der Waals surface area contributed by atoms with E-state index < -0.39 is 0 Å². The monoisotopic (exact) mass is 309 g/mol. The first-order chi connectivity index (χ1) is 9.20. The van der Waals surface area contributed by atoms with Crippen LogP contribution in [0.25, 0.3) is 19.5 Å². The van der Waals surface area contributed by atoms with Gasteiger partial charge in [0, 0.05) is 21.7 Å². The summed E-state index contributed by atoms with van der Waals surface area (Å²) in [6, 6.07) is 8.11. The second-order valence-electron chi connectivity index (χ2n) is 3.85. The van der Waals surface area contributed by atoms with Gasteiger partial charge in [-0.1, -0.05) is 6.07 Å². The van der Waals surface area contributed by atoms with E-state index in [2.05, 4.69) is 11.4 Å². The van der Waals surface area contributed by atoms with Crippen molar-refractivity contribution < 1.29 is 10.2 Å². The van der Waals surface area contributed by atoms with Crippen LogP contribution in [0.2, 0.25) is 0 Å². The van der Waals surface area contributed by atoms with E-state index in [1.54, 1.807) is 29.7 Å². The highest BCUT2D eigenvalue weighted by Gasteiger charge is 2.19. The number of nitrogens with one attached hydrogen (secondary N) is 1. The third-order valence-electron chi connectivity index (χ3n) is 2.68. The molecule has 19 heavy (non-hydrogen) atoms. The number of hydrogen-bond donors (Lipinski definition) is 3. The van der Waals surface area contributed by atoms with E-state index in [1.165, 1.54) is 21.1 Å². The fraction of sp³-hybridized carbons (Fsp3) is 0.0769. The predicted molar refractivity (Wildman–Crippen MR) is 83.8 cm³/mol. The molecule has 0 saturated heterocycles. The first-order valence-electron chi connectivity index (χ1n) is 5.57. The molecule has 0 amide bonds. The van der Waals surface area contributed by atoms with E-state index in [1.807, 2.05) is 23.6 Å². The molecule has 3 rings (SSSR count). The van der Waals surface area contributed by atoms with Crippen molar-refractivity contribution in [2.45, 2.75) is 0 Å². The van der Waals surface area contributed by atoms with Crippen molar-refractivity contribution in [1.82, 2.24) is 0 Å². The van der Waals surface area contributed by atoms with E-state index in [9.17, 15) is 10.2 Å². The van der Waals surface area contributed by atoms with E-state index in [-0.39, 0.29) is 11.5 Å². The third kappa shape index (κ3) is 2.11. The third-order valence-corrected chi connectivity index (χ3v) is 6.20. The molecule has 0 aliphatic rings. The van der Waals surface area contributed by atoms with Crippen molar-refractivity contribution in [1.29, 1.82) is 0 Å². The SMILES string of the molecule is CNc1sc(-c2ccc(-c3cccs3)s2)c(O)c1O. The molecule has 0 bridgehead atoms. The quantitative estimate of drug-likeness (QED) is 0.659. The van der Waals surface area contributed by atoms with E-state index in [4.69, 9.17) is 0 Å². The largest absolute Gasteiger partial charge is 0.503 e. The second kappa shape index (κ2) is 4.88. The molecule has 3 heterocycles. The average molecular weight is 309 g/mol. The summed E-state index contributed by atoms with van der Waals surface area (Å²) in [5.41, 5.74) is 0. The molecule has 0 atom stereocenters. The highest BCUT2D eigenvalue weighted by molar-refractivity contribution is 7.27. The summed E-state index contributed by atoms with van der Waals surface area (Å²) in [7, 11) is 1.72. The lowest BCUT2D eigenvalue weighted by molar-refractivity contribution is 0.410. The second-order valence-corrected chi connectivity index (χ2v) is 6.90. The Bertz CT molecular complexity index is 698. The maximum absolute atomic E-state index is 9.97. The van der Waals surface area contributed by atoms with Crippen LogP contribution in [-0.4, -0.2) is 17.3 Å². The topological polar surface area (TPSA) is 52.5 Å². The van der Waals surface area contributed by atoms with Crippen molar-refractivity contribution in [3.63, 3.8) is 0 Å². The van der Waals surface area contributed by atoms with Gasteiger partial charge in [0.2, 0.25) is 0 Å². The van der Waals surface area contributed by atoms with Gasteiger partial charge in [0.15, 0.2) is 11.5 Å². The van der Waals surface area contributed by atoms with Gasteiger partial charge in [0.05, 0.1) is 4.88 Å². The van der Waals surface area contributed by atoms with Crippen LogP contribution in [0.4, 0.5) is 5.00 Å². The standard InChI is InChI=1S/C13H11NO2S3/c1-14-13-11(16)10(15)12(19-13)9-5-4-8(18-9)7-3-2-6-17-7/h2-6,14-16H,1H3. The van der Waals surface area contributed by atoms with Gasteiger partial charge in [0.25, 0.3) is 0 Å². The number of hydrogen-bond acceptors (Lipinski definition) is 6. The van der Waals surface area contributed by atoms with Crippen molar-refractivity contribution in [3.8, 4) is 31.0 Å². The maximum Gasteiger partial charge on any atom is 0.193 e. The van der Waals surface area contributed by atoms with Crippen LogP contribution in [-0.2, 0) is 0 Å². The van der Waals surface area contributed by atoms with Crippen LogP contribution in [0.1, 0.15) is 0 Å². The summed E-state index contributed by atoms with van der Waals surface area (Å²) in [6.45, 7) is 0. The zero-order chi connectivity index (χ0) is 13.4. The van der Waals surface area contributed by atoms with Crippen LogP contribution in [0.3, 0.4) is 0 Å². The molecular weight excluding hydrogens is 298 g/mol. The van der Waals surface area contributed by atoms with Gasteiger partial charge in [-0.05, 0) is 23.6 Å². The Morgan fingerprint density at radius 2 is 1.74 bits per heavy atom. The van der Waals surface area contributed by atoms with Crippen molar-refractivity contribution in [3.05, 3.63) is 29.6 Å². The van der Waals surface area contributed by atoms with E-state index >= 15 is 0 Å². The molecular formula is C13H11NO2S3. The molecule has 6 heteroatoms. The number of anilines is 1. The van der Waals surface area contributed by atoms with Crippen molar-refractivity contribution in [2.75, 3.05) is 12.4 Å². The minimum absolute atomic E-state index is 0.0473. The zero-order valence-electron chi connectivity index (χ0n) is 10.0. The van der Waals surface area contributed by atoms with Crippen LogP contribution in [0.15, 0.2) is 29.6 Å². The fourth-order valence-electron chi connectivity index (χ4n) is 1.76. The van der Waals surface area contributed by atoms with E-state index in [0.29, 0.717) is 9.88 Å². The van der Waals surface area contributed by atoms with Gasteiger partial charge in [-0.15, -0.1) is 34.0 Å². The maximum atomic E-state index is 9.97. The molecule has 0 unspecified atom stereocenters. The number of aromatic hydroxyl groups is 2. The lowest BCUT2D eigenvalue weighted by Crippen LogP contribution is -1.81. The Labute approximate surface area is 122 Å². The first-order valence-corrected chi connectivity index (χ1v) is 8.08. The minimum Gasteiger partial charge on any atom is -0.503 e. The summed E-state index contributed by atoms with van der Waals surface area (Å²) in [4.78, 5) is 4.05. The van der Waals surface area contributed by atoms with E-state index in [0.717, 1.165) is 4.88 Å². The summed E-state index contributed by atoms with van der Waals surface area (Å²) in [6.07, 6.45) is 0. The van der Waals surface area contributed by atoms with Gasteiger partial charge >= 0.3 is 0 Å². The van der Waals surface area contributed by atoms with Gasteiger partial charge in [-0.3, -0.25) is 0 Å². The van der Waals surface area contributed by atoms with Gasteiger partial charge in [-0.2, -0.15) is 0 Å². The molecule has 0 aliphatic carbocycles. The first kappa shape index (κ1) is 12.5. The Balaban J connectivity index is 2.04. The highest BCUT2D eigenvalue weighted by Crippen LogP contribution is 2.51. The summed E-state index contributed by atoms with van der Waals surface area (Å²) in [5, 5.41) is 25.2. The molecule has 0 saturated carbocycles. The molecule has 3 aromatic heterocycles. The van der Waals surface area contributed by atoms with Crippen LogP contribution in [0.5, 0.6) is 11.5 Å². The fourth-order valence-corrected chi connectivity index (χ4v) is 4.65. The smallest absolute Gasteiger partial charge is 0.193 e. The molecule has 3 aromatic rings. The van der Waals surface area contributed by atoms with Gasteiger partial charge in [0.1, 0.15) is 5.00 Å². The molecule has 0 radical (unpaired) electrons. The molecule has 0 fully saturated rings. The highest BCUT2D eigenvalue weighted by atomic mass is 32.1. The Kier molecular flexibility index (Phi) is 3.22. The van der Waals surface area contributed by atoms with Crippen molar-refractivity contribution in [2.24, 2.45) is 0 Å². The molecule has 3 N–H and O–H groups in total. The summed E-state index contributed by atoms with van der Waals surface area (Å²) in [5.74, 6) is -0.123. The number of rotatable bonds is 3. The number of thiophene rings is 3. The zero-order valence-corrected chi connectivity index (χ0v) is 12.5. The van der Waals surface area contributed by atoms with Gasteiger partial charge < -0.3 is 15.5 Å².